The molecule has 0 unspecified atom stereocenters. The van der Waals surface area contributed by atoms with Crippen LogP contribution < -0.4 is 14.4 Å². The number of anilines is 1. The summed E-state index contributed by atoms with van der Waals surface area (Å²) >= 11 is 0. The third kappa shape index (κ3) is 9.38. The zero-order valence-corrected chi connectivity index (χ0v) is 27.4. The predicted octanol–water partition coefficient (Wildman–Crippen LogP) is 5.97. The molecular formula is C36H39F2N3O5S. The van der Waals surface area contributed by atoms with Gasteiger partial charge in [-0.1, -0.05) is 62.4 Å². The Morgan fingerprint density at radius 1 is 0.851 bits per heavy atom. The first kappa shape index (κ1) is 35.1. The topological polar surface area (TPSA) is 96.0 Å². The molecule has 0 fully saturated rings. The van der Waals surface area contributed by atoms with E-state index in [1.807, 2.05) is 51.1 Å². The van der Waals surface area contributed by atoms with E-state index in [9.17, 15) is 22.4 Å². The van der Waals surface area contributed by atoms with Crippen molar-refractivity contribution >= 4 is 27.5 Å². The highest BCUT2D eigenvalue weighted by Gasteiger charge is 2.35. The minimum Gasteiger partial charge on any atom is -0.494 e. The summed E-state index contributed by atoms with van der Waals surface area (Å²) in [6.45, 7) is 5.38. The molecule has 4 aromatic rings. The van der Waals surface area contributed by atoms with Crippen molar-refractivity contribution in [2.45, 2.75) is 44.7 Å². The molecule has 0 heterocycles. The van der Waals surface area contributed by atoms with Crippen LogP contribution in [0.5, 0.6) is 5.75 Å². The SMILES string of the molecule is CCOc1ccc(N(CC(=O)N(Cc2ccccc2F)[C@@H](Cc2ccccc2)C(=O)NCC(C)C)S(=O)(=O)c2ccc(F)cc2)cc1. The van der Waals surface area contributed by atoms with Crippen molar-refractivity contribution in [2.75, 3.05) is 24.0 Å². The van der Waals surface area contributed by atoms with Crippen molar-refractivity contribution in [3.8, 4) is 5.75 Å². The van der Waals surface area contributed by atoms with Gasteiger partial charge >= 0.3 is 0 Å². The van der Waals surface area contributed by atoms with Crippen molar-refractivity contribution in [1.29, 1.82) is 0 Å². The van der Waals surface area contributed by atoms with Crippen LogP contribution in [0.2, 0.25) is 0 Å². The molecule has 1 atom stereocenters. The maximum Gasteiger partial charge on any atom is 0.264 e. The highest BCUT2D eigenvalue weighted by molar-refractivity contribution is 7.92. The maximum absolute atomic E-state index is 15.0. The molecule has 0 spiro atoms. The molecule has 248 valence electrons. The van der Waals surface area contributed by atoms with Gasteiger partial charge < -0.3 is 15.0 Å². The Labute approximate surface area is 275 Å². The number of rotatable bonds is 15. The van der Waals surface area contributed by atoms with Gasteiger partial charge in [-0.15, -0.1) is 0 Å². The first-order valence-corrected chi connectivity index (χ1v) is 16.8. The molecule has 0 aliphatic heterocycles. The summed E-state index contributed by atoms with van der Waals surface area (Å²) in [5, 5.41) is 2.89. The molecule has 4 aromatic carbocycles. The van der Waals surface area contributed by atoms with Gasteiger partial charge in [0, 0.05) is 25.1 Å². The molecule has 4 rings (SSSR count). The van der Waals surface area contributed by atoms with E-state index in [4.69, 9.17) is 4.74 Å². The largest absolute Gasteiger partial charge is 0.494 e. The van der Waals surface area contributed by atoms with E-state index < -0.39 is 46.1 Å². The molecule has 8 nitrogen and oxygen atoms in total. The molecule has 47 heavy (non-hydrogen) atoms. The van der Waals surface area contributed by atoms with Crippen LogP contribution in [0.4, 0.5) is 14.5 Å². The third-order valence-electron chi connectivity index (χ3n) is 7.37. The number of amides is 2. The van der Waals surface area contributed by atoms with E-state index in [1.165, 1.54) is 35.2 Å². The lowest BCUT2D eigenvalue weighted by Crippen LogP contribution is -2.53. The van der Waals surface area contributed by atoms with Crippen molar-refractivity contribution in [1.82, 2.24) is 10.2 Å². The fourth-order valence-electron chi connectivity index (χ4n) is 4.92. The van der Waals surface area contributed by atoms with Crippen molar-refractivity contribution in [3.63, 3.8) is 0 Å². The quantitative estimate of drug-likeness (QED) is 0.169. The monoisotopic (exact) mass is 663 g/mol. The molecule has 0 saturated heterocycles. The van der Waals surface area contributed by atoms with E-state index in [-0.39, 0.29) is 35.0 Å². The minimum absolute atomic E-state index is 0.0960. The van der Waals surface area contributed by atoms with Crippen LogP contribution in [0.1, 0.15) is 31.9 Å². The molecule has 0 radical (unpaired) electrons. The standard InChI is InChI=1S/C36H39F2N3O5S/c1-4-46-31-18-16-30(17-19-31)41(47(44,45)32-20-14-29(37)15-21-32)25-35(42)40(24-28-12-8-9-13-33(28)38)34(36(43)39-23-26(2)3)22-27-10-6-5-7-11-27/h5-21,26,34H,4,22-25H2,1-3H3,(H,39,43)/t34-/m0/s1. The number of carbonyl (C=O) groups excluding carboxylic acids is 2. The lowest BCUT2D eigenvalue weighted by molar-refractivity contribution is -0.140. The number of sulfonamides is 1. The summed E-state index contributed by atoms with van der Waals surface area (Å²) in [7, 11) is -4.43. The van der Waals surface area contributed by atoms with Gasteiger partial charge in [-0.3, -0.25) is 13.9 Å². The third-order valence-corrected chi connectivity index (χ3v) is 9.16. The van der Waals surface area contributed by atoms with Crippen molar-refractivity contribution < 1.29 is 31.5 Å². The Hall–Kier alpha value is -4.77. The normalized spacial score (nSPS) is 12.0. The van der Waals surface area contributed by atoms with Crippen LogP contribution in [0.3, 0.4) is 0 Å². The number of benzene rings is 4. The lowest BCUT2D eigenvalue weighted by atomic mass is 10.0. The van der Waals surface area contributed by atoms with Crippen LogP contribution in [0, 0.1) is 17.6 Å². The fraction of sp³-hybridized carbons (Fsp3) is 0.278. The second-order valence-electron chi connectivity index (χ2n) is 11.4. The van der Waals surface area contributed by atoms with Gasteiger partial charge in [-0.2, -0.15) is 0 Å². The number of hydrogen-bond acceptors (Lipinski definition) is 5. The average molecular weight is 664 g/mol. The van der Waals surface area contributed by atoms with Gasteiger partial charge in [-0.25, -0.2) is 17.2 Å². The van der Waals surface area contributed by atoms with Gasteiger partial charge in [0.2, 0.25) is 11.8 Å². The van der Waals surface area contributed by atoms with Crippen LogP contribution in [0.15, 0.2) is 108 Å². The van der Waals surface area contributed by atoms with Crippen LogP contribution >= 0.6 is 0 Å². The van der Waals surface area contributed by atoms with E-state index in [0.29, 0.717) is 18.9 Å². The van der Waals surface area contributed by atoms with Crippen LogP contribution in [-0.4, -0.2) is 50.9 Å². The van der Waals surface area contributed by atoms with E-state index in [1.54, 1.807) is 18.2 Å². The number of ether oxygens (including phenoxy) is 1. The lowest BCUT2D eigenvalue weighted by Gasteiger charge is -2.34. The molecule has 0 aliphatic carbocycles. The zero-order valence-electron chi connectivity index (χ0n) is 26.6. The summed E-state index contributed by atoms with van der Waals surface area (Å²) in [6.07, 6.45) is 0.0960. The first-order valence-electron chi connectivity index (χ1n) is 15.3. The smallest absolute Gasteiger partial charge is 0.264 e. The number of nitrogens with one attached hydrogen (secondary N) is 1. The number of halogens is 2. The summed E-state index contributed by atoms with van der Waals surface area (Å²) in [4.78, 5) is 29.2. The number of hydrogen-bond donors (Lipinski definition) is 1. The predicted molar refractivity (Wildman–Crippen MR) is 177 cm³/mol. The Morgan fingerprint density at radius 3 is 2.11 bits per heavy atom. The van der Waals surface area contributed by atoms with E-state index >= 15 is 4.39 Å². The minimum atomic E-state index is -4.43. The molecule has 2 amide bonds. The highest BCUT2D eigenvalue weighted by Crippen LogP contribution is 2.27. The van der Waals surface area contributed by atoms with Crippen molar-refractivity contribution in [3.05, 3.63) is 126 Å². The van der Waals surface area contributed by atoms with Gasteiger partial charge in [-0.05, 0) is 73.0 Å². The van der Waals surface area contributed by atoms with Crippen LogP contribution in [0.25, 0.3) is 0 Å². The van der Waals surface area contributed by atoms with Gasteiger partial charge in [0.15, 0.2) is 0 Å². The van der Waals surface area contributed by atoms with E-state index in [2.05, 4.69) is 5.32 Å². The summed E-state index contributed by atoms with van der Waals surface area (Å²) in [6, 6.07) is 24.3. The molecule has 11 heteroatoms. The summed E-state index contributed by atoms with van der Waals surface area (Å²) < 4.78 is 63.3. The highest BCUT2D eigenvalue weighted by atomic mass is 32.2. The van der Waals surface area contributed by atoms with Crippen LogP contribution in [-0.2, 0) is 32.6 Å². The zero-order chi connectivity index (χ0) is 34.0. The Morgan fingerprint density at radius 2 is 1.49 bits per heavy atom. The maximum atomic E-state index is 15.0. The molecule has 0 aliphatic rings. The van der Waals surface area contributed by atoms with Gasteiger partial charge in [0.05, 0.1) is 17.2 Å². The number of carbonyl (C=O) groups is 2. The fourth-order valence-corrected chi connectivity index (χ4v) is 6.34. The molecular weight excluding hydrogens is 624 g/mol. The summed E-state index contributed by atoms with van der Waals surface area (Å²) in [5.41, 5.74) is 1.05. The Balaban J connectivity index is 1.80. The second-order valence-corrected chi connectivity index (χ2v) is 13.2. The molecule has 0 bridgehead atoms. The Bertz CT molecular complexity index is 1730. The molecule has 0 saturated carbocycles. The molecule has 1 N–H and O–H groups in total. The first-order chi connectivity index (χ1) is 22.5. The van der Waals surface area contributed by atoms with Gasteiger partial charge in [0.1, 0.15) is 30.0 Å². The Kier molecular flexibility index (Phi) is 12.1. The second kappa shape index (κ2) is 16.2. The molecule has 0 aromatic heterocycles. The van der Waals surface area contributed by atoms with Gasteiger partial charge in [0.25, 0.3) is 10.0 Å². The van der Waals surface area contributed by atoms with Crippen molar-refractivity contribution in [2.24, 2.45) is 5.92 Å². The van der Waals surface area contributed by atoms with E-state index in [0.717, 1.165) is 34.1 Å². The summed E-state index contributed by atoms with van der Waals surface area (Å²) in [5.74, 6) is -1.79. The number of nitrogens with zero attached hydrogens (tertiary/aromatic N) is 2. The average Bonchev–Trinajstić information content (AvgIpc) is 3.06.